The maximum Gasteiger partial charge on any atom is 0.513 e. The van der Waals surface area contributed by atoms with Crippen LogP contribution in [0.2, 0.25) is 0 Å². The van der Waals surface area contributed by atoms with E-state index in [1.165, 1.54) is 19.2 Å². The van der Waals surface area contributed by atoms with E-state index in [2.05, 4.69) is 5.10 Å². The third-order valence-electron chi connectivity index (χ3n) is 2.98. The number of rotatable bonds is 6. The highest BCUT2D eigenvalue weighted by Gasteiger charge is 2.29. The van der Waals surface area contributed by atoms with E-state index in [0.717, 1.165) is 11.6 Å². The Labute approximate surface area is 120 Å². The number of methoxy groups -OCH3 is 1. The predicted octanol–water partition coefficient (Wildman–Crippen LogP) is 2.10. The molecule has 1 heterocycles. The van der Waals surface area contributed by atoms with Gasteiger partial charge in [-0.05, 0) is 23.8 Å². The Kier molecular flexibility index (Phi) is 4.45. The first-order chi connectivity index (χ1) is 9.90. The van der Waals surface area contributed by atoms with Gasteiger partial charge in [-0.15, -0.1) is 0 Å². The molecule has 0 amide bonds. The lowest BCUT2D eigenvalue weighted by Gasteiger charge is -2.20. The summed E-state index contributed by atoms with van der Waals surface area (Å²) in [6.07, 6.45) is 3.95. The molecule has 2 aromatic rings. The first kappa shape index (κ1) is 15.3. The lowest BCUT2D eigenvalue weighted by Crippen LogP contribution is -2.35. The van der Waals surface area contributed by atoms with Crippen LogP contribution in [0, 0.1) is 0 Å². The Morgan fingerprint density at radius 2 is 2.05 bits per heavy atom. The van der Waals surface area contributed by atoms with Gasteiger partial charge in [-0.25, -0.2) is 0 Å². The van der Waals surface area contributed by atoms with Gasteiger partial charge in [0.2, 0.25) is 0 Å². The van der Waals surface area contributed by atoms with Gasteiger partial charge < -0.3 is 22.4 Å². The Bertz CT molecular complexity index is 614. The molecule has 114 valence electrons. The molecule has 1 aromatic carbocycles. The van der Waals surface area contributed by atoms with Crippen LogP contribution >= 0.6 is 0 Å². The zero-order valence-corrected chi connectivity index (χ0v) is 11.7. The second kappa shape index (κ2) is 6.11. The van der Waals surface area contributed by atoms with Gasteiger partial charge in [0.1, 0.15) is 5.75 Å². The van der Waals surface area contributed by atoms with E-state index in [-0.39, 0.29) is 18.1 Å². The Balaban J connectivity index is 2.08. The number of halogens is 3. The van der Waals surface area contributed by atoms with E-state index >= 15 is 0 Å². The van der Waals surface area contributed by atoms with Crippen LogP contribution in [0.4, 0.5) is 12.9 Å². The van der Waals surface area contributed by atoms with Crippen LogP contribution in [0.3, 0.4) is 0 Å². The van der Waals surface area contributed by atoms with E-state index in [0.29, 0.717) is 6.42 Å². The van der Waals surface area contributed by atoms with E-state index in [4.69, 9.17) is 9.47 Å². The molecule has 0 unspecified atom stereocenters. The van der Waals surface area contributed by atoms with Crippen LogP contribution in [0.1, 0.15) is 5.56 Å². The average Bonchev–Trinajstić information content (AvgIpc) is 2.83. The Hall–Kier alpha value is -2.12. The van der Waals surface area contributed by atoms with Gasteiger partial charge in [-0.3, -0.25) is 4.68 Å². The molecule has 0 aliphatic rings. The quantitative estimate of drug-likeness (QED) is 0.767. The van der Waals surface area contributed by atoms with Crippen LogP contribution < -0.4 is 14.9 Å². The minimum absolute atomic E-state index is 0.150. The number of ether oxygens (including phenoxy) is 2. The lowest BCUT2D eigenvalue weighted by molar-refractivity contribution is 0.321. The van der Waals surface area contributed by atoms with Crippen LogP contribution in [0.25, 0.3) is 0 Å². The molecule has 0 aliphatic heterocycles. The third-order valence-corrected chi connectivity index (χ3v) is 2.98. The molecular formula is C13H15BF3N2O2-. The van der Waals surface area contributed by atoms with Crippen molar-refractivity contribution in [1.29, 1.82) is 0 Å². The molecule has 0 aliphatic carbocycles. The number of aryl methyl sites for hydroxylation is 1. The Morgan fingerprint density at radius 1 is 1.29 bits per heavy atom. The first-order valence-corrected chi connectivity index (χ1v) is 6.38. The molecule has 1 aromatic heterocycles. The normalized spacial score (nSPS) is 11.5. The largest absolute Gasteiger partial charge is 0.513 e. The summed E-state index contributed by atoms with van der Waals surface area (Å²) < 4.78 is 50.8. The van der Waals surface area contributed by atoms with Crippen LogP contribution in [-0.2, 0) is 13.5 Å². The van der Waals surface area contributed by atoms with E-state index in [1.54, 1.807) is 24.1 Å². The van der Waals surface area contributed by atoms with Crippen molar-refractivity contribution in [2.45, 2.75) is 6.42 Å². The van der Waals surface area contributed by atoms with E-state index < -0.39 is 12.4 Å². The zero-order chi connectivity index (χ0) is 15.5. The number of nitrogens with zero attached hydrogens (tertiary/aromatic N) is 2. The smallest absolute Gasteiger partial charge is 0.497 e. The van der Waals surface area contributed by atoms with Gasteiger partial charge in [0.25, 0.3) is 0 Å². The van der Waals surface area contributed by atoms with Gasteiger partial charge in [0.05, 0.1) is 25.7 Å². The number of aromatic nitrogens is 2. The highest BCUT2D eigenvalue weighted by atomic mass is 19.4. The van der Waals surface area contributed by atoms with E-state index in [1.807, 2.05) is 0 Å². The minimum Gasteiger partial charge on any atom is -0.497 e. The van der Waals surface area contributed by atoms with Gasteiger partial charge in [-0.2, -0.15) is 5.10 Å². The molecule has 4 nitrogen and oxygen atoms in total. The summed E-state index contributed by atoms with van der Waals surface area (Å²) in [6.45, 7) is -5.01. The fraction of sp³-hybridized carbons (Fsp3) is 0.308. The van der Waals surface area contributed by atoms with Crippen molar-refractivity contribution >= 4 is 12.4 Å². The average molecular weight is 299 g/mol. The summed E-state index contributed by atoms with van der Waals surface area (Å²) in [6, 6.07) is 3.69. The predicted molar refractivity (Wildman–Crippen MR) is 74.1 cm³/mol. The molecule has 0 saturated heterocycles. The second-order valence-corrected chi connectivity index (χ2v) is 4.60. The molecule has 8 heteroatoms. The summed E-state index contributed by atoms with van der Waals surface area (Å²) in [5, 5.41) is 3.99. The van der Waals surface area contributed by atoms with Crippen molar-refractivity contribution in [2.24, 2.45) is 7.05 Å². The van der Waals surface area contributed by atoms with Gasteiger partial charge in [0, 0.05) is 19.7 Å². The van der Waals surface area contributed by atoms with Crippen molar-refractivity contribution < 1.29 is 22.4 Å². The molecule has 0 saturated carbocycles. The van der Waals surface area contributed by atoms with Crippen LogP contribution in [0.15, 0.2) is 30.6 Å². The molecule has 0 fully saturated rings. The second-order valence-electron chi connectivity index (χ2n) is 4.60. The topological polar surface area (TPSA) is 36.3 Å². The standard InChI is InChI=1S/C13H15BF3N2O2/c1-19-9-10(8-18-19)5-6-21-13-4-3-11(20-2)7-12(13)14(15,16)17/h3-4,7-9H,5-6H2,1-2H3/q-1. The molecule has 0 spiro atoms. The SMILES string of the molecule is COc1ccc(OCCc2cnn(C)c2)c([B-](F)(F)F)c1. The highest BCUT2D eigenvalue weighted by Crippen LogP contribution is 2.22. The minimum atomic E-state index is -5.16. The first-order valence-electron chi connectivity index (χ1n) is 6.38. The fourth-order valence-corrected chi connectivity index (χ4v) is 1.92. The number of benzene rings is 1. The monoisotopic (exact) mass is 299 g/mol. The third kappa shape index (κ3) is 3.93. The van der Waals surface area contributed by atoms with Crippen molar-refractivity contribution in [2.75, 3.05) is 13.7 Å². The van der Waals surface area contributed by atoms with Crippen molar-refractivity contribution in [3.8, 4) is 11.5 Å². The molecule has 0 atom stereocenters. The summed E-state index contributed by atoms with van der Waals surface area (Å²) in [4.78, 5) is 0. The molecule has 21 heavy (non-hydrogen) atoms. The summed E-state index contributed by atoms with van der Waals surface area (Å²) in [7, 11) is 3.10. The molecule has 2 rings (SSSR count). The van der Waals surface area contributed by atoms with Gasteiger partial charge >= 0.3 is 6.98 Å². The van der Waals surface area contributed by atoms with Crippen molar-refractivity contribution in [1.82, 2.24) is 9.78 Å². The highest BCUT2D eigenvalue weighted by molar-refractivity contribution is 6.74. The van der Waals surface area contributed by atoms with Gasteiger partial charge in [0.15, 0.2) is 0 Å². The van der Waals surface area contributed by atoms with Gasteiger partial charge in [-0.1, -0.05) is 5.46 Å². The Morgan fingerprint density at radius 3 is 2.62 bits per heavy atom. The van der Waals surface area contributed by atoms with Crippen molar-refractivity contribution in [3.63, 3.8) is 0 Å². The number of hydrogen-bond acceptors (Lipinski definition) is 3. The molecule has 0 bridgehead atoms. The van der Waals surface area contributed by atoms with Crippen molar-refractivity contribution in [3.05, 3.63) is 36.2 Å². The molecule has 0 radical (unpaired) electrons. The van der Waals surface area contributed by atoms with E-state index in [9.17, 15) is 12.9 Å². The van der Waals surface area contributed by atoms with Crippen LogP contribution in [0.5, 0.6) is 11.5 Å². The maximum absolute atomic E-state index is 13.0. The zero-order valence-electron chi connectivity index (χ0n) is 11.7. The molecule has 0 N–H and O–H groups in total. The maximum atomic E-state index is 13.0. The summed E-state index contributed by atoms with van der Waals surface area (Å²) in [5.41, 5.74) is 0.130. The number of hydrogen-bond donors (Lipinski definition) is 0. The summed E-state index contributed by atoms with van der Waals surface area (Å²) in [5.74, 6) is -0.0176. The molecular weight excluding hydrogens is 284 g/mol. The lowest BCUT2D eigenvalue weighted by atomic mass is 9.79. The van der Waals surface area contributed by atoms with Crippen LogP contribution in [-0.4, -0.2) is 30.5 Å². The fourth-order valence-electron chi connectivity index (χ4n) is 1.92. The summed E-state index contributed by atoms with van der Waals surface area (Å²) >= 11 is 0.